The van der Waals surface area contributed by atoms with Crippen LogP contribution in [0.4, 0.5) is 0 Å². The van der Waals surface area contributed by atoms with Crippen LogP contribution in [0.15, 0.2) is 29.4 Å². The molecule has 0 spiro atoms. The number of amidine groups is 1. The van der Waals surface area contributed by atoms with Gasteiger partial charge in [0, 0.05) is 28.7 Å². The van der Waals surface area contributed by atoms with Crippen molar-refractivity contribution in [1.82, 2.24) is 4.57 Å². The van der Waals surface area contributed by atoms with Gasteiger partial charge >= 0.3 is 5.97 Å². The molecule has 1 aliphatic rings. The number of esters is 1. The monoisotopic (exact) mass is 345 g/mol. The molecule has 1 unspecified atom stereocenters. The maximum atomic E-state index is 12.2. The summed E-state index contributed by atoms with van der Waals surface area (Å²) < 4.78 is 13.4. The van der Waals surface area contributed by atoms with Crippen molar-refractivity contribution in [2.45, 2.75) is 45.4 Å². The van der Waals surface area contributed by atoms with Crippen LogP contribution in [0.25, 0.3) is 10.9 Å². The van der Waals surface area contributed by atoms with E-state index in [1.807, 2.05) is 45.0 Å². The summed E-state index contributed by atoms with van der Waals surface area (Å²) >= 11 is 0. The summed E-state index contributed by atoms with van der Waals surface area (Å²) in [6, 6.07) is 7.59. The molecule has 1 aromatic heterocycles. The third-order valence-electron chi connectivity index (χ3n) is 4.07. The molecule has 3 N–H and O–H groups in total. The van der Waals surface area contributed by atoms with Crippen molar-refractivity contribution in [3.05, 3.63) is 35.5 Å². The molecule has 1 aliphatic heterocycles. The van der Waals surface area contributed by atoms with Crippen molar-refractivity contribution < 1.29 is 19.5 Å². The molecule has 1 aromatic carbocycles. The summed E-state index contributed by atoms with van der Waals surface area (Å²) in [4.78, 5) is 12.2. The molecule has 7 nitrogen and oxygen atoms in total. The zero-order chi connectivity index (χ0) is 18.2. The first kappa shape index (κ1) is 17.3. The Kier molecular flexibility index (Phi) is 4.43. The molecule has 0 amide bonds. The van der Waals surface area contributed by atoms with Crippen molar-refractivity contribution in [2.75, 3.05) is 6.61 Å². The van der Waals surface area contributed by atoms with Crippen LogP contribution >= 0.6 is 0 Å². The van der Waals surface area contributed by atoms with Crippen molar-refractivity contribution in [1.29, 1.82) is 0 Å². The van der Waals surface area contributed by atoms with Crippen LogP contribution < -0.4 is 5.73 Å². The normalized spacial score (nSPS) is 18.2. The van der Waals surface area contributed by atoms with Gasteiger partial charge < -0.3 is 25.0 Å². The largest absolute Gasteiger partial charge is 0.460 e. The number of rotatable bonds is 3. The summed E-state index contributed by atoms with van der Waals surface area (Å²) in [5.41, 5.74) is 7.75. The van der Waals surface area contributed by atoms with E-state index in [-0.39, 0.29) is 24.3 Å². The Hall–Kier alpha value is -2.54. The molecular weight excluding hydrogens is 322 g/mol. The Morgan fingerprint density at radius 3 is 2.88 bits per heavy atom. The second kappa shape index (κ2) is 6.40. The lowest BCUT2D eigenvalue weighted by atomic mass is 10.1. The number of hydrogen-bond donors (Lipinski definition) is 2. The molecule has 0 saturated carbocycles. The molecule has 134 valence electrons. The molecule has 7 heteroatoms. The molecule has 0 bridgehead atoms. The Labute approximate surface area is 146 Å². The third kappa shape index (κ3) is 3.61. The Morgan fingerprint density at radius 2 is 2.20 bits per heavy atom. The van der Waals surface area contributed by atoms with Gasteiger partial charge in [-0.3, -0.25) is 4.79 Å². The molecule has 0 saturated heterocycles. The highest BCUT2D eigenvalue weighted by Crippen LogP contribution is 2.32. The van der Waals surface area contributed by atoms with Gasteiger partial charge in [-0.05, 0) is 45.0 Å². The topological polar surface area (TPSA) is 99.1 Å². The number of nitrogens with zero attached hydrogens (tertiary/aromatic N) is 2. The predicted molar refractivity (Wildman–Crippen MR) is 93.6 cm³/mol. The predicted octanol–water partition coefficient (Wildman–Crippen LogP) is 2.54. The molecular formula is C18H23N3O4. The number of hydrogen-bond acceptors (Lipinski definition) is 5. The van der Waals surface area contributed by atoms with Crippen LogP contribution in [0.5, 0.6) is 0 Å². The minimum Gasteiger partial charge on any atom is -0.460 e. The first-order chi connectivity index (χ1) is 11.8. The lowest BCUT2D eigenvalue weighted by molar-refractivity contribution is -0.158. The van der Waals surface area contributed by atoms with E-state index in [4.69, 9.17) is 20.4 Å². The van der Waals surface area contributed by atoms with E-state index < -0.39 is 5.60 Å². The van der Waals surface area contributed by atoms with Crippen molar-refractivity contribution >= 4 is 22.7 Å². The fourth-order valence-corrected chi connectivity index (χ4v) is 3.10. The number of fused-ring (bicyclic) bond motifs is 3. The average Bonchev–Trinajstić information content (AvgIpc) is 2.91. The lowest BCUT2D eigenvalue weighted by Crippen LogP contribution is -2.28. The van der Waals surface area contributed by atoms with Gasteiger partial charge in [-0.25, -0.2) is 0 Å². The average molecular weight is 345 g/mol. The highest BCUT2D eigenvalue weighted by Gasteiger charge is 2.28. The number of oxime groups is 1. The number of ether oxygens (including phenoxy) is 2. The first-order valence-corrected chi connectivity index (χ1v) is 8.23. The van der Waals surface area contributed by atoms with Crippen LogP contribution in [0.3, 0.4) is 0 Å². The summed E-state index contributed by atoms with van der Waals surface area (Å²) in [7, 11) is 0. The second-order valence-electron chi connectivity index (χ2n) is 7.13. The van der Waals surface area contributed by atoms with E-state index in [1.54, 1.807) is 0 Å². The van der Waals surface area contributed by atoms with Gasteiger partial charge in [0.1, 0.15) is 11.7 Å². The zero-order valence-corrected chi connectivity index (χ0v) is 14.7. The first-order valence-electron chi connectivity index (χ1n) is 8.23. The fourth-order valence-electron chi connectivity index (χ4n) is 3.10. The van der Waals surface area contributed by atoms with Crippen molar-refractivity contribution in [2.24, 2.45) is 10.9 Å². The standard InChI is InChI=1S/C18H23N3O4/c1-18(2,3)25-16(22)10-15-14-9-12-8-11(17(19)20-23)4-5-13(12)21(14)6-7-24-15/h4-5,8-9,15,23H,6-7,10H2,1-3H3,(H2,19,20). The van der Waals surface area contributed by atoms with Gasteiger partial charge in [-0.2, -0.15) is 0 Å². The van der Waals surface area contributed by atoms with E-state index in [9.17, 15) is 4.79 Å². The Balaban J connectivity index is 1.91. The van der Waals surface area contributed by atoms with E-state index >= 15 is 0 Å². The summed E-state index contributed by atoms with van der Waals surface area (Å²) in [5.74, 6) is -0.221. The smallest absolute Gasteiger partial charge is 0.309 e. The van der Waals surface area contributed by atoms with Crippen LogP contribution in [0, 0.1) is 0 Å². The number of benzene rings is 1. The molecule has 3 rings (SSSR count). The molecule has 0 radical (unpaired) electrons. The minimum absolute atomic E-state index is 0.0626. The van der Waals surface area contributed by atoms with E-state index in [1.165, 1.54) is 0 Å². The zero-order valence-electron chi connectivity index (χ0n) is 14.7. The molecule has 1 atom stereocenters. The summed E-state index contributed by atoms with van der Waals surface area (Å²) in [5, 5.41) is 12.8. The maximum absolute atomic E-state index is 12.2. The molecule has 25 heavy (non-hydrogen) atoms. The van der Waals surface area contributed by atoms with Crippen LogP contribution in [-0.2, 0) is 20.8 Å². The maximum Gasteiger partial charge on any atom is 0.309 e. The quantitative estimate of drug-likeness (QED) is 0.293. The highest BCUT2D eigenvalue weighted by atomic mass is 16.6. The van der Waals surface area contributed by atoms with Crippen LogP contribution in [0.2, 0.25) is 0 Å². The van der Waals surface area contributed by atoms with E-state index in [0.29, 0.717) is 18.7 Å². The highest BCUT2D eigenvalue weighted by molar-refractivity contribution is 6.00. The molecule has 0 fully saturated rings. The van der Waals surface area contributed by atoms with Gasteiger partial charge in [0.05, 0.1) is 13.0 Å². The SMILES string of the molecule is CC(C)(C)OC(=O)CC1OCCn2c1cc1cc(/C(N)=N\O)ccc12. The third-order valence-corrected chi connectivity index (χ3v) is 4.07. The number of carbonyl (C=O) groups is 1. The Bertz CT molecular complexity index is 833. The van der Waals surface area contributed by atoms with Crippen molar-refractivity contribution in [3.63, 3.8) is 0 Å². The Morgan fingerprint density at radius 1 is 1.44 bits per heavy atom. The summed E-state index contributed by atoms with van der Waals surface area (Å²) in [6.07, 6.45) is -0.177. The van der Waals surface area contributed by atoms with E-state index in [0.717, 1.165) is 16.6 Å². The molecule has 2 heterocycles. The van der Waals surface area contributed by atoms with Gasteiger partial charge in [-0.1, -0.05) is 5.16 Å². The second-order valence-corrected chi connectivity index (χ2v) is 7.13. The van der Waals surface area contributed by atoms with E-state index in [2.05, 4.69) is 9.72 Å². The summed E-state index contributed by atoms with van der Waals surface area (Å²) in [6.45, 7) is 6.79. The van der Waals surface area contributed by atoms with Gasteiger partial charge in [0.25, 0.3) is 0 Å². The fraction of sp³-hybridized carbons (Fsp3) is 0.444. The van der Waals surface area contributed by atoms with Gasteiger partial charge in [0.15, 0.2) is 5.84 Å². The van der Waals surface area contributed by atoms with Crippen LogP contribution in [-0.4, -0.2) is 33.8 Å². The molecule has 2 aromatic rings. The van der Waals surface area contributed by atoms with Crippen molar-refractivity contribution in [3.8, 4) is 0 Å². The van der Waals surface area contributed by atoms with Gasteiger partial charge in [-0.15, -0.1) is 0 Å². The minimum atomic E-state index is -0.519. The van der Waals surface area contributed by atoms with Crippen LogP contribution in [0.1, 0.15) is 44.6 Å². The number of aromatic nitrogens is 1. The molecule has 0 aliphatic carbocycles. The lowest BCUT2D eigenvalue weighted by Gasteiger charge is -2.27. The number of carbonyl (C=O) groups excluding carboxylic acids is 1. The number of nitrogens with two attached hydrogens (primary N) is 1. The van der Waals surface area contributed by atoms with Gasteiger partial charge in [0.2, 0.25) is 0 Å².